The molecule has 0 rings (SSSR count). The van der Waals surface area contributed by atoms with Crippen LogP contribution in [0, 0.1) is 5.92 Å². The zero-order chi connectivity index (χ0) is 6.57. The Morgan fingerprint density at radius 1 is 1.88 bits per heavy atom. The maximum Gasteiger partial charge on any atom is 0.220 e. The fourth-order valence-corrected chi connectivity index (χ4v) is 0.723. The Kier molecular flexibility index (Phi) is 3.69. The first kappa shape index (κ1) is 7.82. The predicted octanol–water partition coefficient (Wildman–Crippen LogP) is 0.428. The van der Waals surface area contributed by atoms with Crippen molar-refractivity contribution in [2.75, 3.05) is 5.75 Å². The van der Waals surface area contributed by atoms with Gasteiger partial charge in [-0.3, -0.25) is 4.79 Å². The fourth-order valence-electron chi connectivity index (χ4n) is 0.336. The van der Waals surface area contributed by atoms with Gasteiger partial charge in [-0.1, -0.05) is 6.92 Å². The first-order chi connectivity index (χ1) is 3.68. The third kappa shape index (κ3) is 2.91. The second-order valence-corrected chi connectivity index (χ2v) is 2.26. The van der Waals surface area contributed by atoms with Crippen molar-refractivity contribution in [2.45, 2.75) is 13.3 Å². The van der Waals surface area contributed by atoms with Gasteiger partial charge >= 0.3 is 0 Å². The second kappa shape index (κ2) is 3.78. The van der Waals surface area contributed by atoms with Crippen LogP contribution in [-0.2, 0) is 4.79 Å². The average molecular weight is 133 g/mol. The van der Waals surface area contributed by atoms with Crippen LogP contribution < -0.4 is 5.73 Å². The fraction of sp³-hybridized carbons (Fsp3) is 0.800. The molecule has 0 fully saturated rings. The van der Waals surface area contributed by atoms with Crippen molar-refractivity contribution in [2.24, 2.45) is 11.7 Å². The number of carbonyl (C=O) groups is 1. The molecule has 3 heteroatoms. The molecule has 0 spiro atoms. The van der Waals surface area contributed by atoms with Gasteiger partial charge in [0.15, 0.2) is 0 Å². The zero-order valence-electron chi connectivity index (χ0n) is 4.92. The van der Waals surface area contributed by atoms with E-state index < -0.39 is 0 Å². The van der Waals surface area contributed by atoms with Crippen molar-refractivity contribution in [1.82, 2.24) is 0 Å². The van der Waals surface area contributed by atoms with Crippen LogP contribution in [0.3, 0.4) is 0 Å². The van der Waals surface area contributed by atoms with E-state index in [1.54, 1.807) is 6.92 Å². The number of nitrogens with two attached hydrogens (primary N) is 1. The molecule has 2 N–H and O–H groups in total. The summed E-state index contributed by atoms with van der Waals surface area (Å²) < 4.78 is 0. The largest absolute Gasteiger partial charge is 0.369 e. The van der Waals surface area contributed by atoms with E-state index in [1.165, 1.54) is 0 Å². The van der Waals surface area contributed by atoms with Gasteiger partial charge in [0.1, 0.15) is 0 Å². The summed E-state index contributed by atoms with van der Waals surface area (Å²) in [5.74, 6) is 0.468. The molecule has 8 heavy (non-hydrogen) atoms. The van der Waals surface area contributed by atoms with E-state index >= 15 is 0 Å². The number of rotatable bonds is 3. The van der Waals surface area contributed by atoms with E-state index in [4.69, 9.17) is 5.73 Å². The smallest absolute Gasteiger partial charge is 0.220 e. The quantitative estimate of drug-likeness (QED) is 0.539. The highest BCUT2D eigenvalue weighted by molar-refractivity contribution is 7.80. The molecular weight excluding hydrogens is 122 g/mol. The van der Waals surface area contributed by atoms with Crippen LogP contribution in [0.15, 0.2) is 0 Å². The van der Waals surface area contributed by atoms with Gasteiger partial charge in [0.05, 0.1) is 0 Å². The van der Waals surface area contributed by atoms with Crippen molar-refractivity contribution >= 4 is 18.5 Å². The lowest BCUT2D eigenvalue weighted by atomic mass is 10.1. The van der Waals surface area contributed by atoms with Crippen LogP contribution in [0.5, 0.6) is 0 Å². The SMILES string of the molecule is CC(CCS)C(N)=O. The molecule has 0 saturated heterocycles. The summed E-state index contributed by atoms with van der Waals surface area (Å²) in [7, 11) is 0. The Morgan fingerprint density at radius 3 is 2.50 bits per heavy atom. The van der Waals surface area contributed by atoms with E-state index in [0.717, 1.165) is 12.2 Å². The van der Waals surface area contributed by atoms with Crippen molar-refractivity contribution in [3.63, 3.8) is 0 Å². The molecule has 0 bridgehead atoms. The number of amides is 1. The third-order valence-corrected chi connectivity index (χ3v) is 1.31. The summed E-state index contributed by atoms with van der Waals surface area (Å²) in [4.78, 5) is 10.3. The Bertz CT molecular complexity index is 84.5. The van der Waals surface area contributed by atoms with Gasteiger partial charge in [-0.25, -0.2) is 0 Å². The van der Waals surface area contributed by atoms with Gasteiger partial charge in [0.2, 0.25) is 5.91 Å². The topological polar surface area (TPSA) is 43.1 Å². The predicted molar refractivity (Wildman–Crippen MR) is 36.8 cm³/mol. The second-order valence-electron chi connectivity index (χ2n) is 1.82. The number of hydrogen-bond donors (Lipinski definition) is 2. The number of primary amides is 1. The number of hydrogen-bond acceptors (Lipinski definition) is 2. The molecule has 1 atom stereocenters. The standard InChI is InChI=1S/C5H11NOS/c1-4(2-3-8)5(6)7/h4,8H,2-3H2,1H3,(H2,6,7). The highest BCUT2D eigenvalue weighted by Crippen LogP contribution is 2.00. The summed E-state index contributed by atoms with van der Waals surface area (Å²) in [6.45, 7) is 1.80. The van der Waals surface area contributed by atoms with Crippen molar-refractivity contribution in [3.8, 4) is 0 Å². The molecule has 2 nitrogen and oxygen atoms in total. The summed E-state index contributed by atoms with van der Waals surface area (Å²) >= 11 is 3.95. The summed E-state index contributed by atoms with van der Waals surface area (Å²) in [5.41, 5.74) is 4.95. The first-order valence-corrected chi connectivity index (χ1v) is 3.22. The maximum absolute atomic E-state index is 10.3. The molecule has 0 saturated carbocycles. The third-order valence-electron chi connectivity index (χ3n) is 1.05. The Labute approximate surface area is 54.9 Å². The first-order valence-electron chi connectivity index (χ1n) is 2.58. The molecule has 0 aliphatic heterocycles. The molecule has 1 amide bonds. The molecule has 0 heterocycles. The number of thiol groups is 1. The lowest BCUT2D eigenvalue weighted by Gasteiger charge is -2.01. The van der Waals surface area contributed by atoms with E-state index in [0.29, 0.717) is 0 Å². The average Bonchev–Trinajstić information content (AvgIpc) is 1.67. The van der Waals surface area contributed by atoms with Crippen LogP contribution in [0.25, 0.3) is 0 Å². The normalized spacial score (nSPS) is 13.2. The molecule has 0 aromatic carbocycles. The molecule has 48 valence electrons. The molecule has 0 aliphatic carbocycles. The summed E-state index contributed by atoms with van der Waals surface area (Å²) in [6, 6.07) is 0. The highest BCUT2D eigenvalue weighted by atomic mass is 32.1. The lowest BCUT2D eigenvalue weighted by molar-refractivity contribution is -0.121. The van der Waals surface area contributed by atoms with E-state index in [9.17, 15) is 4.79 Å². The molecule has 0 aliphatic rings. The monoisotopic (exact) mass is 133 g/mol. The van der Waals surface area contributed by atoms with Gasteiger partial charge in [-0.05, 0) is 12.2 Å². The number of carbonyl (C=O) groups excluding carboxylic acids is 1. The van der Waals surface area contributed by atoms with Gasteiger partial charge in [0.25, 0.3) is 0 Å². The van der Waals surface area contributed by atoms with Crippen LogP contribution in [0.2, 0.25) is 0 Å². The van der Waals surface area contributed by atoms with Crippen molar-refractivity contribution in [3.05, 3.63) is 0 Å². The van der Waals surface area contributed by atoms with Crippen LogP contribution >= 0.6 is 12.6 Å². The van der Waals surface area contributed by atoms with Gasteiger partial charge in [0, 0.05) is 5.92 Å². The Balaban J connectivity index is 3.32. The van der Waals surface area contributed by atoms with Gasteiger partial charge in [-0.15, -0.1) is 0 Å². The van der Waals surface area contributed by atoms with E-state index in [1.807, 2.05) is 0 Å². The van der Waals surface area contributed by atoms with Crippen molar-refractivity contribution in [1.29, 1.82) is 0 Å². The summed E-state index contributed by atoms with van der Waals surface area (Å²) in [6.07, 6.45) is 0.776. The highest BCUT2D eigenvalue weighted by Gasteiger charge is 2.05. The lowest BCUT2D eigenvalue weighted by Crippen LogP contribution is -2.20. The summed E-state index contributed by atoms with van der Waals surface area (Å²) in [5, 5.41) is 0. The minimum atomic E-state index is -0.237. The van der Waals surface area contributed by atoms with E-state index in [-0.39, 0.29) is 11.8 Å². The molecule has 0 radical (unpaired) electrons. The molecule has 0 aromatic heterocycles. The van der Waals surface area contributed by atoms with Crippen LogP contribution in [0.1, 0.15) is 13.3 Å². The van der Waals surface area contributed by atoms with Crippen LogP contribution in [0.4, 0.5) is 0 Å². The minimum absolute atomic E-state index is 0.0208. The van der Waals surface area contributed by atoms with Crippen LogP contribution in [-0.4, -0.2) is 11.7 Å². The van der Waals surface area contributed by atoms with Gasteiger partial charge in [-0.2, -0.15) is 12.6 Å². The van der Waals surface area contributed by atoms with E-state index in [2.05, 4.69) is 12.6 Å². The molecule has 0 aromatic rings. The Hall–Kier alpha value is -0.180. The van der Waals surface area contributed by atoms with Gasteiger partial charge < -0.3 is 5.73 Å². The Morgan fingerprint density at radius 2 is 2.38 bits per heavy atom. The zero-order valence-corrected chi connectivity index (χ0v) is 5.82. The maximum atomic E-state index is 10.3. The van der Waals surface area contributed by atoms with Crippen molar-refractivity contribution < 1.29 is 4.79 Å². The molecule has 1 unspecified atom stereocenters. The minimum Gasteiger partial charge on any atom is -0.369 e. The molecular formula is C5H11NOS.